The monoisotopic (exact) mass is 541 g/mol. The van der Waals surface area contributed by atoms with E-state index in [0.717, 1.165) is 6.42 Å². The second kappa shape index (κ2) is 15.0. The predicted molar refractivity (Wildman–Crippen MR) is 135 cm³/mol. The van der Waals surface area contributed by atoms with Crippen molar-refractivity contribution in [1.82, 2.24) is 0 Å². The normalized spacial score (nSPS) is 14.2. The van der Waals surface area contributed by atoms with E-state index < -0.39 is 48.3 Å². The van der Waals surface area contributed by atoms with E-state index in [4.69, 9.17) is 34.2 Å². The van der Waals surface area contributed by atoms with Gasteiger partial charge in [-0.1, -0.05) is 19.4 Å². The zero-order valence-corrected chi connectivity index (χ0v) is 23.0. The van der Waals surface area contributed by atoms with Crippen LogP contribution in [0.5, 0.6) is 11.5 Å². The van der Waals surface area contributed by atoms with Crippen LogP contribution in [-0.4, -0.2) is 59.5 Å². The molecule has 0 aliphatic rings. The molecular formula is C26H39NO11. The molecule has 0 saturated heterocycles. The van der Waals surface area contributed by atoms with Gasteiger partial charge in [-0.3, -0.25) is 4.79 Å². The summed E-state index contributed by atoms with van der Waals surface area (Å²) in [7, 11) is 0. The van der Waals surface area contributed by atoms with Crippen LogP contribution in [0.25, 0.3) is 0 Å². The Hall–Kier alpha value is -3.54. The molecule has 0 aliphatic carbocycles. The molecular weight excluding hydrogens is 502 g/mol. The Morgan fingerprint density at radius 1 is 0.816 bits per heavy atom. The maximum Gasteiger partial charge on any atom is 0.514 e. The maximum atomic E-state index is 12.1. The van der Waals surface area contributed by atoms with Crippen LogP contribution in [0.4, 0.5) is 14.4 Å². The van der Waals surface area contributed by atoms with E-state index in [1.807, 2.05) is 6.92 Å². The molecule has 12 nitrogen and oxygen atoms in total. The van der Waals surface area contributed by atoms with Crippen molar-refractivity contribution in [1.29, 1.82) is 0 Å². The molecule has 0 fully saturated rings. The van der Waals surface area contributed by atoms with Crippen molar-refractivity contribution >= 4 is 24.4 Å². The number of hydrogen-bond donors (Lipinski definition) is 2. The molecule has 214 valence electrons. The molecule has 2 unspecified atom stereocenters. The van der Waals surface area contributed by atoms with Crippen molar-refractivity contribution in [2.24, 2.45) is 5.73 Å². The second-order valence-corrected chi connectivity index (χ2v) is 9.56. The number of carbonyl (C=O) groups excluding carboxylic acids is 3. The van der Waals surface area contributed by atoms with Crippen molar-refractivity contribution in [3.63, 3.8) is 0 Å². The topological polar surface area (TPSA) is 170 Å². The number of rotatable bonds is 13. The Morgan fingerprint density at radius 2 is 1.34 bits per heavy atom. The van der Waals surface area contributed by atoms with E-state index in [9.17, 15) is 24.3 Å². The van der Waals surface area contributed by atoms with Gasteiger partial charge < -0.3 is 39.3 Å². The third-order valence-corrected chi connectivity index (χ3v) is 4.95. The molecule has 0 spiro atoms. The van der Waals surface area contributed by atoms with Crippen molar-refractivity contribution in [2.45, 2.75) is 104 Å². The average molecular weight is 542 g/mol. The van der Waals surface area contributed by atoms with Crippen LogP contribution in [0.3, 0.4) is 0 Å². The molecule has 0 heterocycles. The number of ether oxygens (including phenoxy) is 6. The van der Waals surface area contributed by atoms with Gasteiger partial charge in [-0.2, -0.15) is 0 Å². The predicted octanol–water partition coefficient (Wildman–Crippen LogP) is 4.98. The lowest BCUT2D eigenvalue weighted by molar-refractivity contribution is -0.144. The molecule has 1 aromatic rings. The van der Waals surface area contributed by atoms with Gasteiger partial charge in [-0.15, -0.1) is 0 Å². The van der Waals surface area contributed by atoms with Crippen molar-refractivity contribution in [2.75, 3.05) is 0 Å². The minimum atomic E-state index is -1.87. The van der Waals surface area contributed by atoms with Crippen LogP contribution < -0.4 is 15.2 Å². The zero-order valence-electron chi connectivity index (χ0n) is 23.0. The lowest BCUT2D eigenvalue weighted by Crippen LogP contribution is -2.52. The molecule has 12 heteroatoms. The quantitative estimate of drug-likeness (QED) is 0.195. The fourth-order valence-electron chi connectivity index (χ4n) is 3.41. The lowest BCUT2D eigenvalue weighted by Gasteiger charge is -2.28. The third kappa shape index (κ3) is 11.7. The Labute approximate surface area is 222 Å². The molecule has 0 radical (unpaired) electrons. The summed E-state index contributed by atoms with van der Waals surface area (Å²) in [6.07, 6.45) is -4.20. The number of carbonyl (C=O) groups is 4. The van der Waals surface area contributed by atoms with Gasteiger partial charge in [0.2, 0.25) is 0 Å². The molecule has 0 aliphatic heterocycles. The van der Waals surface area contributed by atoms with Gasteiger partial charge in [0.25, 0.3) is 0 Å². The van der Waals surface area contributed by atoms with Crippen molar-refractivity contribution < 1.29 is 52.7 Å². The fraction of sp³-hybridized carbons (Fsp3) is 0.615. The van der Waals surface area contributed by atoms with Gasteiger partial charge in [-0.05, 0) is 65.7 Å². The summed E-state index contributed by atoms with van der Waals surface area (Å²) >= 11 is 0. The molecule has 0 aromatic heterocycles. The fourth-order valence-corrected chi connectivity index (χ4v) is 3.41. The van der Waals surface area contributed by atoms with Crippen LogP contribution >= 0.6 is 0 Å². The summed E-state index contributed by atoms with van der Waals surface area (Å²) in [5.74, 6) is -1.71. The van der Waals surface area contributed by atoms with Crippen LogP contribution in [0.2, 0.25) is 0 Å². The van der Waals surface area contributed by atoms with Gasteiger partial charge in [0, 0.05) is 12.8 Å². The van der Waals surface area contributed by atoms with Gasteiger partial charge in [0.05, 0.1) is 12.2 Å². The molecule has 3 N–H and O–H groups in total. The van der Waals surface area contributed by atoms with E-state index in [2.05, 4.69) is 0 Å². The summed E-state index contributed by atoms with van der Waals surface area (Å²) in [4.78, 5) is 48.2. The van der Waals surface area contributed by atoms with Crippen LogP contribution in [-0.2, 0) is 30.2 Å². The first kappa shape index (κ1) is 32.5. The van der Waals surface area contributed by atoms with E-state index in [1.165, 1.54) is 25.1 Å². The summed E-state index contributed by atoms with van der Waals surface area (Å²) < 4.78 is 30.6. The summed E-state index contributed by atoms with van der Waals surface area (Å²) in [5.41, 5.74) is 4.68. The van der Waals surface area contributed by atoms with Gasteiger partial charge in [0.15, 0.2) is 11.5 Å². The smallest absolute Gasteiger partial charge is 0.480 e. The standard InChI is InChI=1S/C26H39NO11/c1-8-9-17(6)35-25(32)36-18(7)13-26(27,22(28)29)14-19-10-11-20(37-23(30)33-15(2)3)21(12-19)38-24(31)34-16(4)5/h10-12,15-18H,8-9,13-14,27H2,1-7H3,(H,28,29)/t17?,18-,26?/m0/s1. The number of hydrogen-bond acceptors (Lipinski definition) is 11. The highest BCUT2D eigenvalue weighted by molar-refractivity contribution is 5.79. The number of nitrogens with two attached hydrogens (primary N) is 1. The lowest BCUT2D eigenvalue weighted by atomic mass is 9.86. The Bertz CT molecular complexity index is 963. The molecule has 1 aromatic carbocycles. The highest BCUT2D eigenvalue weighted by Crippen LogP contribution is 2.31. The van der Waals surface area contributed by atoms with E-state index >= 15 is 0 Å². The van der Waals surface area contributed by atoms with Crippen LogP contribution in [0.15, 0.2) is 18.2 Å². The first-order valence-electron chi connectivity index (χ1n) is 12.4. The largest absolute Gasteiger partial charge is 0.514 e. The number of carboxylic acids is 1. The van der Waals surface area contributed by atoms with Gasteiger partial charge in [-0.25, -0.2) is 14.4 Å². The average Bonchev–Trinajstić information content (AvgIpc) is 2.73. The Balaban J connectivity index is 3.12. The first-order chi connectivity index (χ1) is 17.6. The molecule has 0 bridgehead atoms. The number of benzene rings is 1. The molecule has 0 amide bonds. The SMILES string of the molecule is CCCC(C)OC(=O)O[C@@H](C)CC(N)(Cc1ccc(OC(=O)OC(C)C)c(OC(=O)OC(C)C)c1)C(=O)O. The molecule has 1 rings (SSSR count). The van der Waals surface area contributed by atoms with E-state index in [0.29, 0.717) is 12.0 Å². The first-order valence-corrected chi connectivity index (χ1v) is 12.4. The molecule has 0 saturated carbocycles. The summed E-state index contributed by atoms with van der Waals surface area (Å²) in [6.45, 7) is 11.7. The van der Waals surface area contributed by atoms with Crippen molar-refractivity contribution in [3.8, 4) is 11.5 Å². The highest BCUT2D eigenvalue weighted by Gasteiger charge is 2.37. The Morgan fingerprint density at radius 3 is 1.84 bits per heavy atom. The molecule has 3 atom stereocenters. The van der Waals surface area contributed by atoms with Gasteiger partial charge >= 0.3 is 24.4 Å². The van der Waals surface area contributed by atoms with Crippen LogP contribution in [0.1, 0.15) is 73.3 Å². The third-order valence-electron chi connectivity index (χ3n) is 4.95. The summed E-state index contributed by atoms with van der Waals surface area (Å²) in [6, 6.07) is 4.06. The van der Waals surface area contributed by atoms with Crippen LogP contribution in [0, 0.1) is 0 Å². The van der Waals surface area contributed by atoms with Crippen molar-refractivity contribution in [3.05, 3.63) is 23.8 Å². The summed E-state index contributed by atoms with van der Waals surface area (Å²) in [5, 5.41) is 9.88. The van der Waals surface area contributed by atoms with E-state index in [-0.39, 0.29) is 30.4 Å². The molecule has 38 heavy (non-hydrogen) atoms. The highest BCUT2D eigenvalue weighted by atomic mass is 16.8. The minimum absolute atomic E-state index is 0.154. The zero-order chi connectivity index (χ0) is 29.0. The Kier molecular flexibility index (Phi) is 12.8. The minimum Gasteiger partial charge on any atom is -0.480 e. The number of aliphatic carboxylic acids is 1. The van der Waals surface area contributed by atoms with Gasteiger partial charge in [0.1, 0.15) is 17.7 Å². The number of carboxylic acid groups (broad SMARTS) is 1. The second-order valence-electron chi connectivity index (χ2n) is 9.56. The maximum absolute atomic E-state index is 12.1. The van der Waals surface area contributed by atoms with E-state index in [1.54, 1.807) is 34.6 Å².